The van der Waals surface area contributed by atoms with Gasteiger partial charge in [-0.05, 0) is 13.1 Å². The smallest absolute Gasteiger partial charge is 0.223 e. The van der Waals surface area contributed by atoms with Gasteiger partial charge in [-0.15, -0.1) is 34.0 Å². The number of aromatic nitrogens is 5. The monoisotopic (exact) mass is 621 g/mol. The van der Waals surface area contributed by atoms with E-state index in [0.29, 0.717) is 16.0 Å². The normalized spacial score (nSPS) is 8.95. The zero-order chi connectivity index (χ0) is 30.3. The Morgan fingerprint density at radius 1 is 0.927 bits per heavy atom. The lowest BCUT2D eigenvalue weighted by atomic mass is 10.4. The summed E-state index contributed by atoms with van der Waals surface area (Å²) in [6.45, 7) is 1.51. The molecule has 0 aliphatic rings. The molecule has 0 radical (unpaired) electrons. The number of anilines is 1. The van der Waals surface area contributed by atoms with Crippen LogP contribution in [0.25, 0.3) is 10.7 Å². The molecule has 224 valence electrons. The van der Waals surface area contributed by atoms with E-state index in [4.69, 9.17) is 11.5 Å². The van der Waals surface area contributed by atoms with Crippen molar-refractivity contribution in [3.05, 3.63) is 69.3 Å². The number of hydrogen-bond acceptors (Lipinski definition) is 14. The number of rotatable bonds is 6. The van der Waals surface area contributed by atoms with Crippen molar-refractivity contribution in [2.45, 2.75) is 14.4 Å². The Labute approximate surface area is 253 Å². The molecule has 0 saturated heterocycles. The number of nitrogens with two attached hydrogens (primary N) is 3. The lowest BCUT2D eigenvalue weighted by Gasteiger charge is -2.01. The zero-order valence-corrected chi connectivity index (χ0v) is 25.6. The molecule has 0 bridgehead atoms. The van der Waals surface area contributed by atoms with Gasteiger partial charge in [0.25, 0.3) is 0 Å². The SMILES string of the molecule is C.CC(=O)c1nccs1.CN.CN(C)/C=C/C(=O)c1nccs1.CN=C(N)N.CNc1nccc(-c2nccs2)n1. The van der Waals surface area contributed by atoms with Crippen molar-refractivity contribution >= 4 is 57.5 Å². The van der Waals surface area contributed by atoms with Crippen LogP contribution in [0.4, 0.5) is 5.95 Å². The average Bonchev–Trinajstić information content (AvgIpc) is 3.77. The molecule has 4 aromatic heterocycles. The van der Waals surface area contributed by atoms with E-state index >= 15 is 0 Å². The van der Waals surface area contributed by atoms with Gasteiger partial charge in [-0.25, -0.2) is 24.9 Å². The number of ketones is 2. The molecule has 0 aliphatic carbocycles. The number of thiazole rings is 3. The van der Waals surface area contributed by atoms with Crippen molar-refractivity contribution in [2.24, 2.45) is 22.2 Å². The van der Waals surface area contributed by atoms with Crippen LogP contribution in [0.5, 0.6) is 0 Å². The van der Waals surface area contributed by atoms with E-state index in [-0.39, 0.29) is 25.0 Å². The Kier molecular flexibility index (Phi) is 22.6. The van der Waals surface area contributed by atoms with Crippen LogP contribution in [-0.2, 0) is 0 Å². The number of hydrogen-bond donors (Lipinski definition) is 4. The summed E-state index contributed by atoms with van der Waals surface area (Å²) < 4.78 is 0. The fourth-order valence-electron chi connectivity index (χ4n) is 1.98. The number of guanidine groups is 1. The maximum atomic E-state index is 11.2. The third kappa shape index (κ3) is 18.0. The van der Waals surface area contributed by atoms with Crippen LogP contribution in [0.2, 0.25) is 0 Å². The highest BCUT2D eigenvalue weighted by molar-refractivity contribution is 7.13. The van der Waals surface area contributed by atoms with E-state index < -0.39 is 0 Å². The molecular formula is C25H39N11O2S3. The van der Waals surface area contributed by atoms with Gasteiger partial charge < -0.3 is 27.4 Å². The molecule has 13 nitrogen and oxygen atoms in total. The Morgan fingerprint density at radius 2 is 1.46 bits per heavy atom. The first-order valence-electron chi connectivity index (χ1n) is 11.3. The van der Waals surface area contributed by atoms with Crippen molar-refractivity contribution < 1.29 is 9.59 Å². The largest absolute Gasteiger partial charge is 0.383 e. The lowest BCUT2D eigenvalue weighted by molar-refractivity contribution is 0.101. The van der Waals surface area contributed by atoms with Gasteiger partial charge in [0, 0.05) is 88.3 Å². The van der Waals surface area contributed by atoms with Crippen molar-refractivity contribution in [2.75, 3.05) is 40.6 Å². The first-order chi connectivity index (χ1) is 19.2. The minimum absolute atomic E-state index is 0. The molecule has 0 unspecified atom stereocenters. The fraction of sp³-hybridized carbons (Fsp3) is 0.280. The molecule has 0 amide bonds. The van der Waals surface area contributed by atoms with E-state index in [1.807, 2.05) is 30.4 Å². The molecule has 0 aromatic carbocycles. The van der Waals surface area contributed by atoms with E-state index in [1.165, 1.54) is 49.8 Å². The maximum absolute atomic E-state index is 11.2. The van der Waals surface area contributed by atoms with Gasteiger partial charge in [0.05, 0.1) is 0 Å². The van der Waals surface area contributed by atoms with Gasteiger partial charge in [0.1, 0.15) is 10.7 Å². The number of nitrogens with one attached hydrogen (secondary N) is 1. The lowest BCUT2D eigenvalue weighted by Crippen LogP contribution is -2.21. The Hall–Kier alpha value is -4.12. The average molecular weight is 622 g/mol. The fourth-order valence-corrected chi connectivity index (χ4v) is 3.68. The van der Waals surface area contributed by atoms with Crippen LogP contribution >= 0.6 is 34.0 Å². The first-order valence-corrected chi connectivity index (χ1v) is 14.0. The number of carbonyl (C=O) groups excluding carboxylic acids is 2. The number of Topliss-reactive ketones (excluding diaryl/α,β-unsaturated/α-hetero) is 1. The molecule has 0 fully saturated rings. The summed E-state index contributed by atoms with van der Waals surface area (Å²) in [4.78, 5) is 47.0. The van der Waals surface area contributed by atoms with Gasteiger partial charge in [-0.3, -0.25) is 14.6 Å². The van der Waals surface area contributed by atoms with Crippen LogP contribution < -0.4 is 22.5 Å². The molecule has 7 N–H and O–H groups in total. The summed E-state index contributed by atoms with van der Waals surface area (Å²) in [6.07, 6.45) is 9.96. The van der Waals surface area contributed by atoms with Gasteiger partial charge in [-0.2, -0.15) is 0 Å². The first kappa shape index (κ1) is 39.0. The summed E-state index contributed by atoms with van der Waals surface area (Å²) in [7, 11) is 8.56. The standard InChI is InChI=1S/C8H8N4S.C8H10N2OS.C5H5NOS.C2H7N3.CH5N.CH4/c1-9-8-11-3-2-6(12-8)7-10-4-5-13-7;1-10(2)5-3-7(11)8-9-4-6-12-8;1-4(7)5-6-2-3-8-5;1-5-2(3)4;1-2;/h2-5H,1H3,(H,9,11,12);3-6H,1-2H3;2-3H,1H3;1H3,(H4,3,4,5);2H2,1H3;1H4/b;5-3+;;;;. The molecule has 16 heteroatoms. The van der Waals surface area contributed by atoms with Crippen LogP contribution in [0.1, 0.15) is 34.0 Å². The van der Waals surface area contributed by atoms with E-state index in [0.717, 1.165) is 10.7 Å². The molecule has 4 heterocycles. The van der Waals surface area contributed by atoms with Crippen LogP contribution in [0.3, 0.4) is 0 Å². The highest BCUT2D eigenvalue weighted by Crippen LogP contribution is 2.19. The predicted molar refractivity (Wildman–Crippen MR) is 173 cm³/mol. The molecule has 0 saturated carbocycles. The number of aliphatic imine (C=N–C) groups is 1. The molecule has 41 heavy (non-hydrogen) atoms. The van der Waals surface area contributed by atoms with Gasteiger partial charge >= 0.3 is 0 Å². The summed E-state index contributed by atoms with van der Waals surface area (Å²) in [5, 5.41) is 10.4. The Balaban J connectivity index is 0. The summed E-state index contributed by atoms with van der Waals surface area (Å²) in [5.74, 6) is 0.747. The second-order valence-electron chi connectivity index (χ2n) is 6.88. The second-order valence-corrected chi connectivity index (χ2v) is 9.56. The van der Waals surface area contributed by atoms with Crippen molar-refractivity contribution in [3.8, 4) is 10.7 Å². The Morgan fingerprint density at radius 3 is 1.85 bits per heavy atom. The minimum Gasteiger partial charge on any atom is -0.383 e. The van der Waals surface area contributed by atoms with Crippen LogP contribution in [0.15, 0.2) is 64.3 Å². The third-order valence-electron chi connectivity index (χ3n) is 3.69. The minimum atomic E-state index is -0.0429. The van der Waals surface area contributed by atoms with Gasteiger partial charge in [0.2, 0.25) is 11.7 Å². The topological polar surface area (TPSA) is 204 Å². The van der Waals surface area contributed by atoms with Crippen molar-refractivity contribution in [3.63, 3.8) is 0 Å². The number of allylic oxidation sites excluding steroid dienone is 1. The predicted octanol–water partition coefficient (Wildman–Crippen LogP) is 3.49. The zero-order valence-electron chi connectivity index (χ0n) is 23.2. The maximum Gasteiger partial charge on any atom is 0.223 e. The van der Waals surface area contributed by atoms with Gasteiger partial charge in [-0.1, -0.05) is 7.43 Å². The summed E-state index contributed by atoms with van der Waals surface area (Å²) in [6, 6.07) is 1.85. The molecule has 4 rings (SSSR count). The molecule has 0 aliphatic heterocycles. The summed E-state index contributed by atoms with van der Waals surface area (Å²) >= 11 is 4.29. The molecule has 4 aromatic rings. The van der Waals surface area contributed by atoms with Crippen molar-refractivity contribution in [1.29, 1.82) is 0 Å². The molecule has 0 spiro atoms. The Bertz CT molecular complexity index is 1260. The quantitative estimate of drug-likeness (QED) is 0.106. The van der Waals surface area contributed by atoms with Crippen LogP contribution in [-0.4, -0.2) is 82.6 Å². The highest BCUT2D eigenvalue weighted by atomic mass is 32.1. The van der Waals surface area contributed by atoms with Gasteiger partial charge in [0.15, 0.2) is 21.8 Å². The number of nitrogens with zero attached hydrogens (tertiary/aromatic N) is 7. The number of carbonyl (C=O) groups is 2. The highest BCUT2D eigenvalue weighted by Gasteiger charge is 2.03. The molecular weight excluding hydrogens is 583 g/mol. The van der Waals surface area contributed by atoms with E-state index in [9.17, 15) is 9.59 Å². The van der Waals surface area contributed by atoms with E-state index in [2.05, 4.69) is 41.0 Å². The third-order valence-corrected chi connectivity index (χ3v) is 6.15. The van der Waals surface area contributed by atoms with Crippen molar-refractivity contribution in [1.82, 2.24) is 29.8 Å². The summed E-state index contributed by atoms with van der Waals surface area (Å²) in [5.41, 5.74) is 15.0. The second kappa shape index (κ2) is 23.7. The molecule has 0 atom stereocenters. The van der Waals surface area contributed by atoms with E-state index in [1.54, 1.807) is 60.1 Å². The van der Waals surface area contributed by atoms with Crippen LogP contribution in [0, 0.1) is 0 Å².